The summed E-state index contributed by atoms with van der Waals surface area (Å²) in [6, 6.07) is 15.6. The minimum absolute atomic E-state index is 0.101. The largest absolute Gasteiger partial charge is 0.478 e. The van der Waals surface area contributed by atoms with Gasteiger partial charge in [0.2, 0.25) is 0 Å². The first-order chi connectivity index (χ1) is 13.0. The molecule has 0 saturated carbocycles. The summed E-state index contributed by atoms with van der Waals surface area (Å²) >= 11 is 1.44. The van der Waals surface area contributed by atoms with Crippen LogP contribution in [0.3, 0.4) is 0 Å². The third-order valence-electron chi connectivity index (χ3n) is 3.79. The Morgan fingerprint density at radius 1 is 1.15 bits per heavy atom. The number of hydrogen-bond acceptors (Lipinski definition) is 5. The SMILES string of the molecule is Cc1csc(CN(C(=O)OCc2ccccc2)c2cccc(C(=O)O)c2)n1. The quantitative estimate of drug-likeness (QED) is 0.679. The van der Waals surface area contributed by atoms with Gasteiger partial charge in [-0.15, -0.1) is 11.3 Å². The molecule has 1 N–H and O–H groups in total. The Hall–Kier alpha value is -3.19. The van der Waals surface area contributed by atoms with Crippen molar-refractivity contribution in [2.45, 2.75) is 20.1 Å². The topological polar surface area (TPSA) is 79.7 Å². The van der Waals surface area contributed by atoms with Crippen LogP contribution >= 0.6 is 11.3 Å². The van der Waals surface area contributed by atoms with E-state index in [0.717, 1.165) is 16.3 Å². The predicted molar refractivity (Wildman–Crippen MR) is 103 cm³/mol. The molecule has 0 bridgehead atoms. The monoisotopic (exact) mass is 382 g/mol. The third-order valence-corrected chi connectivity index (χ3v) is 4.74. The van der Waals surface area contributed by atoms with Crippen LogP contribution in [0.2, 0.25) is 0 Å². The minimum Gasteiger partial charge on any atom is -0.478 e. The Labute approximate surface area is 160 Å². The number of nitrogens with zero attached hydrogens (tertiary/aromatic N) is 2. The number of aromatic nitrogens is 1. The second kappa shape index (κ2) is 8.46. The van der Waals surface area contributed by atoms with E-state index in [2.05, 4.69) is 4.98 Å². The van der Waals surface area contributed by atoms with E-state index in [0.29, 0.717) is 5.69 Å². The van der Waals surface area contributed by atoms with Crippen LogP contribution in [0, 0.1) is 6.92 Å². The van der Waals surface area contributed by atoms with Gasteiger partial charge in [0.05, 0.1) is 12.1 Å². The number of aromatic carboxylic acids is 1. The van der Waals surface area contributed by atoms with E-state index in [1.165, 1.54) is 28.4 Å². The fraction of sp³-hybridized carbons (Fsp3) is 0.150. The Balaban J connectivity index is 1.83. The van der Waals surface area contributed by atoms with E-state index >= 15 is 0 Å². The Morgan fingerprint density at radius 2 is 1.93 bits per heavy atom. The lowest BCUT2D eigenvalue weighted by Crippen LogP contribution is -2.31. The Kier molecular flexibility index (Phi) is 5.83. The number of carbonyl (C=O) groups excluding carboxylic acids is 1. The van der Waals surface area contributed by atoms with Crippen molar-refractivity contribution in [3.8, 4) is 0 Å². The van der Waals surface area contributed by atoms with Gasteiger partial charge in [-0.1, -0.05) is 36.4 Å². The zero-order chi connectivity index (χ0) is 19.2. The number of ether oxygens (including phenoxy) is 1. The van der Waals surface area contributed by atoms with Crippen LogP contribution in [-0.4, -0.2) is 22.2 Å². The van der Waals surface area contributed by atoms with Crippen molar-refractivity contribution < 1.29 is 19.4 Å². The highest BCUT2D eigenvalue weighted by Gasteiger charge is 2.20. The van der Waals surface area contributed by atoms with Crippen molar-refractivity contribution in [2.75, 3.05) is 4.90 Å². The smallest absolute Gasteiger partial charge is 0.415 e. The van der Waals surface area contributed by atoms with Crippen molar-refractivity contribution >= 4 is 29.1 Å². The van der Waals surface area contributed by atoms with Crippen LogP contribution in [0.15, 0.2) is 60.0 Å². The molecular formula is C20H18N2O4S. The summed E-state index contributed by atoms with van der Waals surface area (Å²) in [5, 5.41) is 11.9. The number of benzene rings is 2. The van der Waals surface area contributed by atoms with E-state index in [1.54, 1.807) is 12.1 Å². The molecule has 0 spiro atoms. The van der Waals surface area contributed by atoms with Gasteiger partial charge in [-0.25, -0.2) is 14.6 Å². The van der Waals surface area contributed by atoms with Crippen LogP contribution in [0.4, 0.5) is 10.5 Å². The minimum atomic E-state index is -1.06. The van der Waals surface area contributed by atoms with E-state index in [-0.39, 0.29) is 18.7 Å². The first kappa shape index (κ1) is 18.6. The van der Waals surface area contributed by atoms with Crippen molar-refractivity contribution in [3.05, 3.63) is 81.8 Å². The lowest BCUT2D eigenvalue weighted by atomic mass is 10.2. The average molecular weight is 382 g/mol. The van der Waals surface area contributed by atoms with Crippen molar-refractivity contribution in [2.24, 2.45) is 0 Å². The number of hydrogen-bond donors (Lipinski definition) is 1. The molecule has 1 aromatic heterocycles. The normalized spacial score (nSPS) is 10.4. The Morgan fingerprint density at radius 3 is 2.59 bits per heavy atom. The zero-order valence-corrected chi connectivity index (χ0v) is 15.5. The summed E-state index contributed by atoms with van der Waals surface area (Å²) in [5.41, 5.74) is 2.28. The molecule has 7 heteroatoms. The lowest BCUT2D eigenvalue weighted by molar-refractivity contribution is 0.0696. The van der Waals surface area contributed by atoms with Gasteiger partial charge in [0.15, 0.2) is 0 Å². The van der Waals surface area contributed by atoms with Crippen LogP contribution in [0.1, 0.15) is 26.6 Å². The first-order valence-corrected chi connectivity index (χ1v) is 9.13. The van der Waals surface area contributed by atoms with E-state index in [9.17, 15) is 14.7 Å². The van der Waals surface area contributed by atoms with Gasteiger partial charge in [0.1, 0.15) is 11.6 Å². The molecule has 0 fully saturated rings. The maximum atomic E-state index is 12.7. The second-order valence-corrected chi connectivity index (χ2v) is 6.81. The van der Waals surface area contributed by atoms with Gasteiger partial charge in [-0.2, -0.15) is 0 Å². The van der Waals surface area contributed by atoms with Gasteiger partial charge in [0, 0.05) is 16.8 Å². The molecule has 3 rings (SSSR count). The maximum absolute atomic E-state index is 12.7. The van der Waals surface area contributed by atoms with E-state index in [1.807, 2.05) is 42.6 Å². The summed E-state index contributed by atoms with van der Waals surface area (Å²) < 4.78 is 5.44. The van der Waals surface area contributed by atoms with Crippen molar-refractivity contribution in [1.29, 1.82) is 0 Å². The molecule has 138 valence electrons. The molecule has 0 saturated heterocycles. The number of carbonyl (C=O) groups is 2. The molecular weight excluding hydrogens is 364 g/mol. The van der Waals surface area contributed by atoms with Crippen LogP contribution < -0.4 is 4.90 Å². The van der Waals surface area contributed by atoms with E-state index < -0.39 is 12.1 Å². The van der Waals surface area contributed by atoms with Crippen molar-refractivity contribution in [1.82, 2.24) is 4.98 Å². The maximum Gasteiger partial charge on any atom is 0.415 e. The van der Waals surface area contributed by atoms with Gasteiger partial charge >= 0.3 is 12.1 Å². The van der Waals surface area contributed by atoms with Crippen molar-refractivity contribution in [3.63, 3.8) is 0 Å². The molecule has 0 aliphatic carbocycles. The highest BCUT2D eigenvalue weighted by Crippen LogP contribution is 2.22. The summed E-state index contributed by atoms with van der Waals surface area (Å²) in [6.07, 6.45) is -0.561. The zero-order valence-electron chi connectivity index (χ0n) is 14.7. The number of thiazole rings is 1. The number of carboxylic acids is 1. The molecule has 0 atom stereocenters. The fourth-order valence-corrected chi connectivity index (χ4v) is 3.24. The number of rotatable bonds is 6. The van der Waals surface area contributed by atoms with Gasteiger partial charge in [-0.05, 0) is 30.7 Å². The molecule has 0 aliphatic heterocycles. The van der Waals surface area contributed by atoms with Crippen LogP contribution in [-0.2, 0) is 17.9 Å². The summed E-state index contributed by atoms with van der Waals surface area (Å²) in [5.74, 6) is -1.06. The highest BCUT2D eigenvalue weighted by atomic mass is 32.1. The molecule has 0 radical (unpaired) electrons. The van der Waals surface area contributed by atoms with E-state index in [4.69, 9.17) is 4.74 Å². The van der Waals surface area contributed by atoms with Gasteiger partial charge in [-0.3, -0.25) is 4.90 Å². The lowest BCUT2D eigenvalue weighted by Gasteiger charge is -2.21. The highest BCUT2D eigenvalue weighted by molar-refractivity contribution is 7.09. The number of anilines is 1. The van der Waals surface area contributed by atoms with Gasteiger partial charge in [0.25, 0.3) is 0 Å². The summed E-state index contributed by atoms with van der Waals surface area (Å²) in [4.78, 5) is 29.8. The van der Waals surface area contributed by atoms with Crippen LogP contribution in [0.5, 0.6) is 0 Å². The second-order valence-electron chi connectivity index (χ2n) is 5.86. The fourth-order valence-electron chi connectivity index (χ4n) is 2.48. The third kappa shape index (κ3) is 4.92. The Bertz CT molecular complexity index is 940. The molecule has 0 aliphatic rings. The summed E-state index contributed by atoms with van der Waals surface area (Å²) in [7, 11) is 0. The van der Waals surface area contributed by atoms with Gasteiger partial charge < -0.3 is 9.84 Å². The summed E-state index contributed by atoms with van der Waals surface area (Å²) in [6.45, 7) is 2.21. The number of aryl methyl sites for hydroxylation is 1. The molecule has 2 aromatic carbocycles. The first-order valence-electron chi connectivity index (χ1n) is 8.25. The molecule has 27 heavy (non-hydrogen) atoms. The molecule has 3 aromatic rings. The van der Waals surface area contributed by atoms with Crippen LogP contribution in [0.25, 0.3) is 0 Å². The molecule has 6 nitrogen and oxygen atoms in total. The average Bonchev–Trinajstić information content (AvgIpc) is 3.10. The number of carboxylic acid groups (broad SMARTS) is 1. The standard InChI is InChI=1S/C20H18N2O4S/c1-14-13-27-18(21-14)11-22(17-9-5-8-16(10-17)19(23)24)20(25)26-12-15-6-3-2-4-7-15/h2-10,13H,11-12H2,1H3,(H,23,24). The molecule has 0 unspecified atom stereocenters. The molecule has 1 heterocycles. The number of amides is 1. The predicted octanol–water partition coefficient (Wildman–Crippen LogP) is 4.49. The molecule has 1 amide bonds.